The molecule has 0 aliphatic carbocycles. The van der Waals surface area contributed by atoms with E-state index in [1.807, 2.05) is 6.07 Å². The van der Waals surface area contributed by atoms with Gasteiger partial charge in [0.1, 0.15) is 0 Å². The number of rotatable bonds is 2. The molecule has 12 heavy (non-hydrogen) atoms. The van der Waals surface area contributed by atoms with Crippen molar-refractivity contribution in [1.29, 1.82) is 0 Å². The van der Waals surface area contributed by atoms with Gasteiger partial charge in [0.15, 0.2) is 0 Å². The van der Waals surface area contributed by atoms with E-state index in [4.69, 9.17) is 0 Å². The van der Waals surface area contributed by atoms with Gasteiger partial charge in [-0.3, -0.25) is 4.90 Å². The molecule has 62 valence electrons. The van der Waals surface area contributed by atoms with Gasteiger partial charge in [0.05, 0.1) is 0 Å². The standard InChI is InChI=1S/C11H13N/c1-12-9-11(12)8-7-10-5-3-2-4-6-10/h2-8,11H,9H2,1H3. The molecule has 1 heteroatoms. The summed E-state index contributed by atoms with van der Waals surface area (Å²) in [7, 11) is 2.14. The van der Waals surface area contributed by atoms with Crippen molar-refractivity contribution in [3.63, 3.8) is 0 Å². The Morgan fingerprint density at radius 2 is 2.00 bits per heavy atom. The average Bonchev–Trinajstić information content (AvgIpc) is 2.81. The van der Waals surface area contributed by atoms with Crippen molar-refractivity contribution in [2.24, 2.45) is 0 Å². The smallest absolute Gasteiger partial charge is 0.0406 e. The normalized spacial score (nSPS) is 27.8. The Hall–Kier alpha value is -1.08. The van der Waals surface area contributed by atoms with Crippen LogP contribution in [0.1, 0.15) is 5.56 Å². The highest BCUT2D eigenvalue weighted by Gasteiger charge is 2.25. The zero-order chi connectivity index (χ0) is 8.39. The molecule has 1 nitrogen and oxygen atoms in total. The molecule has 1 saturated heterocycles. The molecule has 0 saturated carbocycles. The van der Waals surface area contributed by atoms with Crippen LogP contribution in [0.15, 0.2) is 36.4 Å². The maximum atomic E-state index is 2.31. The first-order chi connectivity index (χ1) is 5.86. The minimum Gasteiger partial charge on any atom is -0.297 e. The van der Waals surface area contributed by atoms with Crippen LogP contribution in [-0.2, 0) is 0 Å². The Morgan fingerprint density at radius 1 is 1.33 bits per heavy atom. The summed E-state index contributed by atoms with van der Waals surface area (Å²) in [6.45, 7) is 1.21. The van der Waals surface area contributed by atoms with Crippen LogP contribution < -0.4 is 0 Å². The van der Waals surface area contributed by atoms with Crippen LogP contribution in [0.3, 0.4) is 0 Å². The van der Waals surface area contributed by atoms with Crippen molar-refractivity contribution in [2.45, 2.75) is 6.04 Å². The van der Waals surface area contributed by atoms with Gasteiger partial charge in [-0.2, -0.15) is 0 Å². The molecule has 1 aliphatic rings. The van der Waals surface area contributed by atoms with Crippen LogP contribution in [0.2, 0.25) is 0 Å². The second kappa shape index (κ2) is 3.11. The molecule has 2 rings (SSSR count). The average molecular weight is 159 g/mol. The fourth-order valence-electron chi connectivity index (χ4n) is 1.24. The van der Waals surface area contributed by atoms with E-state index < -0.39 is 0 Å². The fraction of sp³-hybridized carbons (Fsp3) is 0.273. The molecule has 2 atom stereocenters. The van der Waals surface area contributed by atoms with Crippen LogP contribution in [0, 0.1) is 0 Å². The summed E-state index contributed by atoms with van der Waals surface area (Å²) in [4.78, 5) is 2.31. The van der Waals surface area contributed by atoms with Crippen molar-refractivity contribution in [2.75, 3.05) is 13.6 Å². The first-order valence-electron chi connectivity index (χ1n) is 4.30. The summed E-state index contributed by atoms with van der Waals surface area (Å²) in [5.41, 5.74) is 1.29. The summed E-state index contributed by atoms with van der Waals surface area (Å²) >= 11 is 0. The monoisotopic (exact) mass is 159 g/mol. The fourth-order valence-corrected chi connectivity index (χ4v) is 1.24. The Labute approximate surface area is 73.3 Å². The topological polar surface area (TPSA) is 3.01 Å². The maximum absolute atomic E-state index is 2.31. The van der Waals surface area contributed by atoms with Gasteiger partial charge < -0.3 is 0 Å². The molecule has 1 aromatic carbocycles. The lowest BCUT2D eigenvalue weighted by atomic mass is 10.2. The zero-order valence-corrected chi connectivity index (χ0v) is 7.27. The summed E-state index contributed by atoms with van der Waals surface area (Å²) in [6, 6.07) is 11.1. The van der Waals surface area contributed by atoms with Gasteiger partial charge in [0.2, 0.25) is 0 Å². The third kappa shape index (κ3) is 1.74. The van der Waals surface area contributed by atoms with E-state index in [1.54, 1.807) is 0 Å². The molecule has 2 unspecified atom stereocenters. The Bertz CT molecular complexity index is 276. The summed E-state index contributed by atoms with van der Waals surface area (Å²) in [5, 5.41) is 0. The van der Waals surface area contributed by atoms with Crippen LogP contribution in [-0.4, -0.2) is 24.5 Å². The molecular formula is C11H13N. The third-order valence-corrected chi connectivity index (χ3v) is 2.22. The van der Waals surface area contributed by atoms with Crippen LogP contribution in [0.4, 0.5) is 0 Å². The van der Waals surface area contributed by atoms with Crippen LogP contribution in [0.5, 0.6) is 0 Å². The largest absolute Gasteiger partial charge is 0.297 e. The van der Waals surface area contributed by atoms with Crippen LogP contribution in [0.25, 0.3) is 6.08 Å². The molecule has 0 bridgehead atoms. The van der Waals surface area contributed by atoms with Crippen molar-refractivity contribution in [1.82, 2.24) is 4.90 Å². The number of hydrogen-bond acceptors (Lipinski definition) is 1. The Balaban J connectivity index is 1.99. The Morgan fingerprint density at radius 3 is 2.58 bits per heavy atom. The van der Waals surface area contributed by atoms with Gasteiger partial charge in [-0.1, -0.05) is 42.5 Å². The lowest BCUT2D eigenvalue weighted by Gasteiger charge is -1.90. The predicted molar refractivity (Wildman–Crippen MR) is 51.9 cm³/mol. The zero-order valence-electron chi connectivity index (χ0n) is 7.27. The minimum atomic E-state index is 0.685. The van der Waals surface area contributed by atoms with Gasteiger partial charge >= 0.3 is 0 Å². The molecular weight excluding hydrogens is 146 g/mol. The SMILES string of the molecule is CN1CC1C=Cc1ccccc1. The van der Waals surface area contributed by atoms with Crippen molar-refractivity contribution < 1.29 is 0 Å². The highest BCUT2D eigenvalue weighted by molar-refractivity contribution is 5.50. The highest BCUT2D eigenvalue weighted by atomic mass is 15.3. The second-order valence-corrected chi connectivity index (χ2v) is 3.28. The third-order valence-electron chi connectivity index (χ3n) is 2.22. The van der Waals surface area contributed by atoms with E-state index in [1.165, 1.54) is 12.1 Å². The lowest BCUT2D eigenvalue weighted by molar-refractivity contribution is 0.661. The second-order valence-electron chi connectivity index (χ2n) is 3.28. The number of nitrogens with zero attached hydrogens (tertiary/aromatic N) is 1. The van der Waals surface area contributed by atoms with Gasteiger partial charge in [-0.25, -0.2) is 0 Å². The molecule has 1 fully saturated rings. The number of hydrogen-bond donors (Lipinski definition) is 0. The maximum Gasteiger partial charge on any atom is 0.0406 e. The van der Waals surface area contributed by atoms with E-state index in [-0.39, 0.29) is 0 Å². The van der Waals surface area contributed by atoms with Crippen molar-refractivity contribution >= 4 is 6.08 Å². The van der Waals surface area contributed by atoms with E-state index >= 15 is 0 Å². The number of benzene rings is 1. The first kappa shape index (κ1) is 7.56. The molecule has 1 heterocycles. The first-order valence-corrected chi connectivity index (χ1v) is 4.30. The number of likely N-dealkylation sites (N-methyl/N-ethyl adjacent to an activating group) is 1. The quantitative estimate of drug-likeness (QED) is 0.596. The molecule has 0 aromatic heterocycles. The van der Waals surface area contributed by atoms with Gasteiger partial charge in [0.25, 0.3) is 0 Å². The van der Waals surface area contributed by atoms with E-state index in [0.717, 1.165) is 0 Å². The summed E-state index contributed by atoms with van der Waals surface area (Å²) in [5.74, 6) is 0. The molecule has 0 spiro atoms. The van der Waals surface area contributed by atoms with Gasteiger partial charge in [0, 0.05) is 12.6 Å². The molecule has 1 aromatic rings. The Kier molecular flexibility index (Phi) is 1.96. The lowest BCUT2D eigenvalue weighted by Crippen LogP contribution is -1.87. The minimum absolute atomic E-state index is 0.685. The molecule has 0 N–H and O–H groups in total. The summed E-state index contributed by atoms with van der Waals surface area (Å²) < 4.78 is 0. The predicted octanol–water partition coefficient (Wildman–Crippen LogP) is 2.01. The molecule has 0 radical (unpaired) electrons. The van der Waals surface area contributed by atoms with E-state index in [9.17, 15) is 0 Å². The molecule has 1 aliphatic heterocycles. The van der Waals surface area contributed by atoms with Gasteiger partial charge in [-0.05, 0) is 12.6 Å². The summed E-state index contributed by atoms with van der Waals surface area (Å²) in [6.07, 6.45) is 4.45. The van der Waals surface area contributed by atoms with Crippen LogP contribution >= 0.6 is 0 Å². The van der Waals surface area contributed by atoms with Gasteiger partial charge in [-0.15, -0.1) is 0 Å². The van der Waals surface area contributed by atoms with E-state index in [2.05, 4.69) is 48.4 Å². The molecule has 0 amide bonds. The highest BCUT2D eigenvalue weighted by Crippen LogP contribution is 2.15. The van der Waals surface area contributed by atoms with E-state index in [0.29, 0.717) is 6.04 Å². The van der Waals surface area contributed by atoms with Crippen molar-refractivity contribution in [3.05, 3.63) is 42.0 Å². The van der Waals surface area contributed by atoms with Crippen molar-refractivity contribution in [3.8, 4) is 0 Å².